The third-order valence-electron chi connectivity index (χ3n) is 7.14. The molecule has 30 heavy (non-hydrogen) atoms. The topological polar surface area (TPSA) is 83.0 Å². The molecular formula is C23H34N4O3. The molecule has 2 bridgehead atoms. The van der Waals surface area contributed by atoms with Gasteiger partial charge >= 0.3 is 6.03 Å². The average molecular weight is 415 g/mol. The van der Waals surface area contributed by atoms with E-state index in [-0.39, 0.29) is 35.4 Å². The first-order chi connectivity index (χ1) is 14.0. The Morgan fingerprint density at radius 2 is 1.90 bits per heavy atom. The van der Waals surface area contributed by atoms with Crippen LogP contribution in [0.1, 0.15) is 53.9 Å². The molecule has 7 heteroatoms. The van der Waals surface area contributed by atoms with Crippen molar-refractivity contribution in [2.75, 3.05) is 18.6 Å². The fraction of sp³-hybridized carbons (Fsp3) is 0.609. The van der Waals surface area contributed by atoms with Gasteiger partial charge in [-0.05, 0) is 68.7 Å². The van der Waals surface area contributed by atoms with Crippen LogP contribution >= 0.6 is 0 Å². The van der Waals surface area contributed by atoms with Gasteiger partial charge in [-0.25, -0.2) is 10.2 Å². The molecule has 164 valence electrons. The fourth-order valence-corrected chi connectivity index (χ4v) is 4.64. The molecule has 0 radical (unpaired) electrons. The van der Waals surface area contributed by atoms with E-state index in [0.717, 1.165) is 24.2 Å². The van der Waals surface area contributed by atoms with Crippen LogP contribution in [-0.4, -0.2) is 37.3 Å². The highest BCUT2D eigenvalue weighted by Gasteiger charge is 2.60. The lowest BCUT2D eigenvalue weighted by molar-refractivity contribution is -0.123. The van der Waals surface area contributed by atoms with Gasteiger partial charge in [0.25, 0.3) is 5.91 Å². The lowest BCUT2D eigenvalue weighted by Gasteiger charge is -2.34. The summed E-state index contributed by atoms with van der Waals surface area (Å²) < 4.78 is 5.57. The highest BCUT2D eigenvalue weighted by atomic mass is 16.5. The molecule has 2 fully saturated rings. The number of nitrogens with one attached hydrogen (secondary N) is 2. The van der Waals surface area contributed by atoms with Crippen molar-refractivity contribution < 1.29 is 14.3 Å². The minimum absolute atomic E-state index is 0.0650. The number of urea groups is 1. The third-order valence-corrected chi connectivity index (χ3v) is 7.14. The summed E-state index contributed by atoms with van der Waals surface area (Å²) in [6, 6.07) is 6.95. The molecule has 3 rings (SSSR count). The first-order valence-electron chi connectivity index (χ1n) is 10.7. The third kappa shape index (κ3) is 4.16. The Labute approximate surface area is 179 Å². The highest BCUT2D eigenvalue weighted by molar-refractivity contribution is 5.95. The number of hydrogen-bond acceptors (Lipinski definition) is 4. The second-order valence-electron chi connectivity index (χ2n) is 9.53. The largest absolute Gasteiger partial charge is 0.484 e. The van der Waals surface area contributed by atoms with Gasteiger partial charge in [0, 0.05) is 29.9 Å². The standard InChI is InChI=1S/C23H34N4O3/c1-15(2)24-21(29)27(6)17-7-9-18(10-8-17)30-14-20(28)26-25-19-13-16-11-12-23(19,5)22(16,3)4/h7-10,15-16H,11-14H2,1-6H3,(H,24,29)(H,26,28). The Kier molecular flexibility index (Phi) is 6.11. The van der Waals surface area contributed by atoms with Crippen molar-refractivity contribution in [1.82, 2.24) is 10.7 Å². The Balaban J connectivity index is 1.50. The van der Waals surface area contributed by atoms with Gasteiger partial charge in [0.2, 0.25) is 0 Å². The molecule has 3 amide bonds. The number of rotatable bonds is 6. The van der Waals surface area contributed by atoms with E-state index >= 15 is 0 Å². The first-order valence-corrected chi connectivity index (χ1v) is 10.7. The second-order valence-corrected chi connectivity index (χ2v) is 9.53. The molecule has 0 saturated heterocycles. The fourth-order valence-electron chi connectivity index (χ4n) is 4.64. The first kappa shape index (κ1) is 22.1. The SMILES string of the molecule is CC(C)NC(=O)N(C)c1ccc(OCC(=O)NN=C2CC3CCC2(C)C3(C)C)cc1. The predicted molar refractivity (Wildman–Crippen MR) is 119 cm³/mol. The van der Waals surface area contributed by atoms with E-state index in [2.05, 4.69) is 36.6 Å². The van der Waals surface area contributed by atoms with E-state index in [4.69, 9.17) is 4.74 Å². The summed E-state index contributed by atoms with van der Waals surface area (Å²) in [7, 11) is 1.71. The molecule has 2 N–H and O–H groups in total. The number of hydrogen-bond donors (Lipinski definition) is 2. The van der Waals surface area contributed by atoms with E-state index in [1.807, 2.05) is 13.8 Å². The van der Waals surface area contributed by atoms with Crippen molar-refractivity contribution in [3.63, 3.8) is 0 Å². The van der Waals surface area contributed by atoms with Crippen molar-refractivity contribution in [3.8, 4) is 5.75 Å². The lowest BCUT2D eigenvalue weighted by atomic mass is 9.70. The number of amides is 3. The summed E-state index contributed by atoms with van der Waals surface area (Å²) in [5.74, 6) is 0.935. The molecule has 2 atom stereocenters. The van der Waals surface area contributed by atoms with Gasteiger partial charge in [0.1, 0.15) is 5.75 Å². The predicted octanol–water partition coefficient (Wildman–Crippen LogP) is 3.94. The lowest BCUT2D eigenvalue weighted by Crippen LogP contribution is -2.40. The number of anilines is 1. The molecule has 7 nitrogen and oxygen atoms in total. The van der Waals surface area contributed by atoms with E-state index in [0.29, 0.717) is 11.7 Å². The van der Waals surface area contributed by atoms with E-state index in [9.17, 15) is 9.59 Å². The number of carbonyl (C=O) groups is 2. The van der Waals surface area contributed by atoms with Crippen LogP contribution in [0.5, 0.6) is 5.75 Å². The maximum Gasteiger partial charge on any atom is 0.321 e. The summed E-state index contributed by atoms with van der Waals surface area (Å²) in [6.07, 6.45) is 3.33. The van der Waals surface area contributed by atoms with E-state index < -0.39 is 0 Å². The van der Waals surface area contributed by atoms with Crippen LogP contribution in [0, 0.1) is 16.7 Å². The van der Waals surface area contributed by atoms with Crippen LogP contribution in [0.3, 0.4) is 0 Å². The molecule has 1 aromatic carbocycles. The van der Waals surface area contributed by atoms with Crippen molar-refractivity contribution in [1.29, 1.82) is 0 Å². The van der Waals surface area contributed by atoms with Crippen LogP contribution in [0.25, 0.3) is 0 Å². The summed E-state index contributed by atoms with van der Waals surface area (Å²) in [4.78, 5) is 25.8. The van der Waals surface area contributed by atoms with Crippen molar-refractivity contribution in [3.05, 3.63) is 24.3 Å². The second kappa shape index (κ2) is 8.28. The number of nitrogens with zero attached hydrogens (tertiary/aromatic N) is 2. The molecular weight excluding hydrogens is 380 g/mol. The van der Waals surface area contributed by atoms with E-state index in [1.54, 1.807) is 31.3 Å². The molecule has 0 aromatic heterocycles. The van der Waals surface area contributed by atoms with Gasteiger partial charge in [-0.1, -0.05) is 20.8 Å². The van der Waals surface area contributed by atoms with E-state index in [1.165, 1.54) is 11.3 Å². The van der Waals surface area contributed by atoms with Crippen LogP contribution in [0.2, 0.25) is 0 Å². The molecule has 2 unspecified atom stereocenters. The quantitative estimate of drug-likeness (QED) is 0.692. The molecule has 1 aromatic rings. The molecule has 2 saturated carbocycles. The van der Waals surface area contributed by atoms with Gasteiger partial charge in [-0.2, -0.15) is 5.10 Å². The van der Waals surface area contributed by atoms with Gasteiger partial charge in [-0.15, -0.1) is 0 Å². The van der Waals surface area contributed by atoms with Crippen LogP contribution in [-0.2, 0) is 4.79 Å². The number of hydrazone groups is 1. The highest BCUT2D eigenvalue weighted by Crippen LogP contribution is 2.63. The molecule has 0 heterocycles. The van der Waals surface area contributed by atoms with Crippen molar-refractivity contribution in [2.45, 2.75) is 59.9 Å². The van der Waals surface area contributed by atoms with Crippen LogP contribution in [0.4, 0.5) is 10.5 Å². The minimum Gasteiger partial charge on any atom is -0.484 e. The smallest absolute Gasteiger partial charge is 0.321 e. The number of benzene rings is 1. The number of carbonyl (C=O) groups excluding carboxylic acids is 2. The zero-order valence-corrected chi connectivity index (χ0v) is 18.9. The van der Waals surface area contributed by atoms with Gasteiger partial charge < -0.3 is 10.1 Å². The Bertz CT molecular complexity index is 831. The number of fused-ring (bicyclic) bond motifs is 2. The summed E-state index contributed by atoms with van der Waals surface area (Å²) in [5, 5.41) is 7.29. The maximum atomic E-state index is 12.2. The Morgan fingerprint density at radius 1 is 1.23 bits per heavy atom. The molecule has 2 aliphatic rings. The normalized spacial score (nSPS) is 25.4. The van der Waals surface area contributed by atoms with Gasteiger partial charge in [0.15, 0.2) is 6.61 Å². The van der Waals surface area contributed by atoms with Gasteiger partial charge in [0.05, 0.1) is 0 Å². The van der Waals surface area contributed by atoms with Crippen LogP contribution in [0.15, 0.2) is 29.4 Å². The Morgan fingerprint density at radius 3 is 2.43 bits per heavy atom. The van der Waals surface area contributed by atoms with Crippen molar-refractivity contribution in [2.24, 2.45) is 21.8 Å². The monoisotopic (exact) mass is 414 g/mol. The molecule has 2 aliphatic carbocycles. The zero-order valence-electron chi connectivity index (χ0n) is 18.9. The minimum atomic E-state index is -0.274. The number of ether oxygens (including phenoxy) is 1. The molecule has 0 aliphatic heterocycles. The summed E-state index contributed by atoms with van der Waals surface area (Å²) in [5.41, 5.74) is 4.80. The van der Waals surface area contributed by atoms with Crippen LogP contribution < -0.4 is 20.4 Å². The van der Waals surface area contributed by atoms with Gasteiger partial charge in [-0.3, -0.25) is 9.69 Å². The average Bonchev–Trinajstić information content (AvgIpc) is 3.03. The zero-order chi connectivity index (χ0) is 22.1. The van der Waals surface area contributed by atoms with Crippen molar-refractivity contribution >= 4 is 23.3 Å². The molecule has 0 spiro atoms. The summed E-state index contributed by atoms with van der Waals surface area (Å²) >= 11 is 0. The Hall–Kier alpha value is -2.57. The maximum absolute atomic E-state index is 12.2. The summed E-state index contributed by atoms with van der Waals surface area (Å²) in [6.45, 7) is 10.6.